The molecule has 1 N–H and O–H groups in total. The highest BCUT2D eigenvalue weighted by Crippen LogP contribution is 2.22. The van der Waals surface area contributed by atoms with Crippen LogP contribution >= 0.6 is 15.9 Å². The number of alkyl halides is 1. The van der Waals surface area contributed by atoms with E-state index in [4.69, 9.17) is 4.74 Å². The molecule has 0 saturated carbocycles. The fraction of sp³-hybridized carbons (Fsp3) is 0.417. The van der Waals surface area contributed by atoms with E-state index in [9.17, 15) is 23.7 Å². The Morgan fingerprint density at radius 2 is 2.10 bits per heavy atom. The lowest BCUT2D eigenvalue weighted by Crippen LogP contribution is -2.26. The lowest BCUT2D eigenvalue weighted by Gasteiger charge is -2.07. The summed E-state index contributed by atoms with van der Waals surface area (Å²) in [6.07, 6.45) is 0.484. The summed E-state index contributed by atoms with van der Waals surface area (Å²) in [6, 6.07) is 1.05. The molecular weight excluding hydrogens is 354 g/mol. The predicted molar refractivity (Wildman–Crippen MR) is 74.6 cm³/mol. The number of nitrogens with one attached hydrogen (secondary N) is 1. The van der Waals surface area contributed by atoms with Gasteiger partial charge in [0, 0.05) is 18.5 Å². The normalized spacial score (nSPS) is 10.4. The molecule has 0 bridgehead atoms. The van der Waals surface area contributed by atoms with E-state index in [0.717, 1.165) is 0 Å². The Morgan fingerprint density at radius 3 is 2.71 bits per heavy atom. The Balaban J connectivity index is 2.64. The molecule has 21 heavy (non-hydrogen) atoms. The summed E-state index contributed by atoms with van der Waals surface area (Å²) in [7, 11) is 0. The summed E-state index contributed by atoms with van der Waals surface area (Å²) in [5, 5.41) is 13.6. The SMILES string of the molecule is O=C(NCCCOCCBr)c1cc(F)cc([N+](=O)[O-])c1F. The zero-order valence-corrected chi connectivity index (χ0v) is 12.5. The van der Waals surface area contributed by atoms with Gasteiger partial charge in [0.25, 0.3) is 5.91 Å². The Morgan fingerprint density at radius 1 is 1.38 bits per heavy atom. The standard InChI is InChI=1S/C12H13BrF2N2O4/c13-2-5-21-4-1-3-16-12(18)9-6-8(14)7-10(11(9)15)17(19)20/h6-7H,1-5H2,(H,16,18). The van der Waals surface area contributed by atoms with Crippen molar-refractivity contribution in [3.05, 3.63) is 39.4 Å². The highest BCUT2D eigenvalue weighted by molar-refractivity contribution is 9.09. The molecule has 1 rings (SSSR count). The second-order valence-corrected chi connectivity index (χ2v) is 4.75. The van der Waals surface area contributed by atoms with Gasteiger partial charge in [0.05, 0.1) is 23.2 Å². The Kier molecular flexibility index (Phi) is 7.17. The number of nitro benzene ring substituents is 1. The van der Waals surface area contributed by atoms with Crippen LogP contribution in [0.25, 0.3) is 0 Å². The van der Waals surface area contributed by atoms with Gasteiger partial charge in [-0.15, -0.1) is 0 Å². The van der Waals surface area contributed by atoms with Crippen molar-refractivity contribution in [3.8, 4) is 0 Å². The number of carbonyl (C=O) groups is 1. The fourth-order valence-corrected chi connectivity index (χ4v) is 1.73. The molecule has 9 heteroatoms. The third-order valence-corrected chi connectivity index (χ3v) is 2.76. The molecule has 0 radical (unpaired) electrons. The third-order valence-electron chi connectivity index (χ3n) is 2.43. The molecule has 1 aromatic rings. The molecule has 0 unspecified atom stereocenters. The van der Waals surface area contributed by atoms with E-state index in [1.165, 1.54) is 0 Å². The summed E-state index contributed by atoms with van der Waals surface area (Å²) in [6.45, 7) is 1.11. The number of carbonyl (C=O) groups excluding carboxylic acids is 1. The number of nitrogens with zero attached hydrogens (tertiary/aromatic N) is 1. The van der Waals surface area contributed by atoms with Crippen molar-refractivity contribution in [1.82, 2.24) is 5.32 Å². The lowest BCUT2D eigenvalue weighted by molar-refractivity contribution is -0.387. The van der Waals surface area contributed by atoms with Crippen LogP contribution in [0.3, 0.4) is 0 Å². The van der Waals surface area contributed by atoms with Gasteiger partial charge in [-0.2, -0.15) is 4.39 Å². The van der Waals surface area contributed by atoms with Crippen LogP contribution in [0.15, 0.2) is 12.1 Å². The molecule has 0 aliphatic rings. The average Bonchev–Trinajstić information content (AvgIpc) is 2.44. The summed E-state index contributed by atoms with van der Waals surface area (Å²) in [5.41, 5.74) is -1.76. The van der Waals surface area contributed by atoms with Gasteiger partial charge in [0.1, 0.15) is 5.82 Å². The van der Waals surface area contributed by atoms with Crippen LogP contribution in [0.5, 0.6) is 0 Å². The largest absolute Gasteiger partial charge is 0.381 e. The summed E-state index contributed by atoms with van der Waals surface area (Å²) in [5.74, 6) is -3.31. The maximum Gasteiger partial charge on any atom is 0.308 e. The fourth-order valence-electron chi connectivity index (χ4n) is 1.50. The number of nitro groups is 1. The minimum Gasteiger partial charge on any atom is -0.381 e. The van der Waals surface area contributed by atoms with E-state index in [-0.39, 0.29) is 6.54 Å². The predicted octanol–water partition coefficient (Wildman–Crippen LogP) is 2.40. The van der Waals surface area contributed by atoms with Crippen molar-refractivity contribution in [2.24, 2.45) is 0 Å². The molecule has 0 aromatic heterocycles. The molecule has 1 aromatic carbocycles. The van der Waals surface area contributed by atoms with Gasteiger partial charge in [-0.25, -0.2) is 4.39 Å². The summed E-state index contributed by atoms with van der Waals surface area (Å²) >= 11 is 3.18. The molecule has 0 spiro atoms. The molecular formula is C12H13BrF2N2O4. The van der Waals surface area contributed by atoms with E-state index < -0.39 is 33.7 Å². The molecule has 0 aliphatic heterocycles. The Labute approximate surface area is 127 Å². The van der Waals surface area contributed by atoms with Crippen LogP contribution in [-0.2, 0) is 4.74 Å². The maximum atomic E-state index is 13.7. The van der Waals surface area contributed by atoms with Crippen molar-refractivity contribution in [2.75, 3.05) is 25.1 Å². The molecule has 0 heterocycles. The highest BCUT2D eigenvalue weighted by Gasteiger charge is 2.23. The van der Waals surface area contributed by atoms with Crippen molar-refractivity contribution < 1.29 is 23.2 Å². The van der Waals surface area contributed by atoms with Crippen LogP contribution in [0.2, 0.25) is 0 Å². The van der Waals surface area contributed by atoms with Crippen molar-refractivity contribution >= 4 is 27.5 Å². The molecule has 116 valence electrons. The quantitative estimate of drug-likeness (QED) is 0.331. The lowest BCUT2D eigenvalue weighted by atomic mass is 10.1. The van der Waals surface area contributed by atoms with Crippen LogP contribution in [0.1, 0.15) is 16.8 Å². The number of benzene rings is 1. The van der Waals surface area contributed by atoms with E-state index in [1.54, 1.807) is 0 Å². The summed E-state index contributed by atoms with van der Waals surface area (Å²) < 4.78 is 32.1. The van der Waals surface area contributed by atoms with E-state index in [1.807, 2.05) is 0 Å². The minimum absolute atomic E-state index is 0.185. The second-order valence-electron chi connectivity index (χ2n) is 3.95. The van der Waals surface area contributed by atoms with Crippen molar-refractivity contribution in [3.63, 3.8) is 0 Å². The Hall–Kier alpha value is -1.61. The van der Waals surface area contributed by atoms with Crippen LogP contribution < -0.4 is 5.32 Å². The molecule has 1 amide bonds. The van der Waals surface area contributed by atoms with Crippen LogP contribution in [-0.4, -0.2) is 35.9 Å². The topological polar surface area (TPSA) is 81.5 Å². The molecule has 0 saturated heterocycles. The van der Waals surface area contributed by atoms with Crippen molar-refractivity contribution in [2.45, 2.75) is 6.42 Å². The van der Waals surface area contributed by atoms with Gasteiger partial charge in [-0.3, -0.25) is 14.9 Å². The number of hydrogen-bond donors (Lipinski definition) is 1. The average molecular weight is 367 g/mol. The highest BCUT2D eigenvalue weighted by atomic mass is 79.9. The molecule has 0 atom stereocenters. The molecule has 0 fully saturated rings. The van der Waals surface area contributed by atoms with Crippen LogP contribution in [0.4, 0.5) is 14.5 Å². The molecule has 6 nitrogen and oxygen atoms in total. The first-order valence-electron chi connectivity index (χ1n) is 6.02. The first-order chi connectivity index (χ1) is 9.97. The smallest absolute Gasteiger partial charge is 0.308 e. The van der Waals surface area contributed by atoms with E-state index in [2.05, 4.69) is 21.2 Å². The van der Waals surface area contributed by atoms with Gasteiger partial charge in [0.15, 0.2) is 0 Å². The number of hydrogen-bond acceptors (Lipinski definition) is 4. The van der Waals surface area contributed by atoms with Crippen molar-refractivity contribution in [1.29, 1.82) is 0 Å². The first-order valence-corrected chi connectivity index (χ1v) is 7.15. The monoisotopic (exact) mass is 366 g/mol. The number of rotatable bonds is 8. The summed E-state index contributed by atoms with van der Waals surface area (Å²) in [4.78, 5) is 21.2. The van der Waals surface area contributed by atoms with Crippen LogP contribution in [0, 0.1) is 21.7 Å². The molecule has 0 aliphatic carbocycles. The Bertz CT molecular complexity index is 528. The third kappa shape index (κ3) is 5.35. The van der Waals surface area contributed by atoms with Gasteiger partial charge in [-0.05, 0) is 12.5 Å². The zero-order valence-electron chi connectivity index (χ0n) is 10.9. The number of amides is 1. The zero-order chi connectivity index (χ0) is 15.8. The second kappa shape index (κ2) is 8.63. The van der Waals surface area contributed by atoms with E-state index >= 15 is 0 Å². The van der Waals surface area contributed by atoms with Gasteiger partial charge in [0.2, 0.25) is 5.82 Å². The minimum atomic E-state index is -1.35. The maximum absolute atomic E-state index is 13.7. The number of ether oxygens (including phenoxy) is 1. The van der Waals surface area contributed by atoms with Gasteiger partial charge in [-0.1, -0.05) is 15.9 Å². The number of halogens is 3. The van der Waals surface area contributed by atoms with Gasteiger partial charge < -0.3 is 10.1 Å². The first kappa shape index (κ1) is 17.4. The van der Waals surface area contributed by atoms with Gasteiger partial charge >= 0.3 is 5.69 Å². The van der Waals surface area contributed by atoms with E-state index in [0.29, 0.717) is 37.1 Å².